The first kappa shape index (κ1) is 13.7. The van der Waals surface area contributed by atoms with Gasteiger partial charge in [0.1, 0.15) is 0 Å². The van der Waals surface area contributed by atoms with Crippen molar-refractivity contribution in [2.24, 2.45) is 0 Å². The Balaban J connectivity index is 1.80. The van der Waals surface area contributed by atoms with E-state index in [1.807, 2.05) is 30.3 Å². The third-order valence-electron chi connectivity index (χ3n) is 2.83. The minimum atomic E-state index is -0.156. The highest BCUT2D eigenvalue weighted by molar-refractivity contribution is 14.1. The van der Waals surface area contributed by atoms with Crippen molar-refractivity contribution in [3.05, 3.63) is 57.7 Å². The number of carbonyl (C=O) groups excluding carboxylic acids is 1. The highest BCUT2D eigenvalue weighted by Gasteiger charge is 2.08. The van der Waals surface area contributed by atoms with Gasteiger partial charge in [-0.25, -0.2) is 0 Å². The normalized spacial score (nSPS) is 10.3. The molecule has 0 aliphatic heterocycles. The molecule has 0 spiro atoms. The van der Waals surface area contributed by atoms with E-state index in [2.05, 4.69) is 48.5 Å². The van der Waals surface area contributed by atoms with Gasteiger partial charge >= 0.3 is 0 Å². The maximum Gasteiger partial charge on any atom is 0.255 e. The Kier molecular flexibility index (Phi) is 3.91. The summed E-state index contributed by atoms with van der Waals surface area (Å²) in [5, 5.41) is 16.6. The summed E-state index contributed by atoms with van der Waals surface area (Å²) in [7, 11) is 0. The van der Waals surface area contributed by atoms with Gasteiger partial charge in [0.15, 0.2) is 0 Å². The van der Waals surface area contributed by atoms with Crippen molar-refractivity contribution in [2.45, 2.75) is 0 Å². The molecule has 0 saturated carbocycles. The number of aromatic amines is 1. The maximum atomic E-state index is 12.2. The highest BCUT2D eigenvalue weighted by atomic mass is 127. The number of nitrogens with zero attached hydrogens (tertiary/aromatic N) is 3. The van der Waals surface area contributed by atoms with E-state index in [0.717, 1.165) is 9.13 Å². The molecule has 0 fully saturated rings. The van der Waals surface area contributed by atoms with Gasteiger partial charge in [-0.05, 0) is 64.2 Å². The van der Waals surface area contributed by atoms with Crippen LogP contribution in [0.2, 0.25) is 0 Å². The summed E-state index contributed by atoms with van der Waals surface area (Å²) < 4.78 is 1.09. The second-order valence-corrected chi connectivity index (χ2v) is 5.52. The molecule has 2 aromatic carbocycles. The van der Waals surface area contributed by atoms with Crippen molar-refractivity contribution in [2.75, 3.05) is 5.32 Å². The molecule has 104 valence electrons. The number of tetrazole rings is 1. The second kappa shape index (κ2) is 6.00. The van der Waals surface area contributed by atoms with Crippen molar-refractivity contribution in [3.63, 3.8) is 0 Å². The van der Waals surface area contributed by atoms with Crippen LogP contribution in [0.15, 0.2) is 48.5 Å². The van der Waals surface area contributed by atoms with Crippen LogP contribution in [0.4, 0.5) is 5.69 Å². The van der Waals surface area contributed by atoms with Crippen molar-refractivity contribution in [3.8, 4) is 11.4 Å². The smallest absolute Gasteiger partial charge is 0.255 e. The third-order valence-corrected chi connectivity index (χ3v) is 3.55. The Hall–Kier alpha value is -2.29. The lowest BCUT2D eigenvalue weighted by Gasteiger charge is -2.06. The Morgan fingerprint density at radius 1 is 1.14 bits per heavy atom. The number of halogens is 1. The van der Waals surface area contributed by atoms with Gasteiger partial charge in [-0.15, -0.1) is 10.2 Å². The molecular weight excluding hydrogens is 381 g/mol. The lowest BCUT2D eigenvalue weighted by atomic mass is 10.1. The lowest BCUT2D eigenvalue weighted by molar-refractivity contribution is 0.102. The van der Waals surface area contributed by atoms with E-state index >= 15 is 0 Å². The molecule has 2 N–H and O–H groups in total. The predicted molar refractivity (Wildman–Crippen MR) is 86.7 cm³/mol. The maximum absolute atomic E-state index is 12.2. The summed E-state index contributed by atoms with van der Waals surface area (Å²) in [4.78, 5) is 12.2. The fraction of sp³-hybridized carbons (Fsp3) is 0. The van der Waals surface area contributed by atoms with Crippen LogP contribution in [0.5, 0.6) is 0 Å². The molecule has 21 heavy (non-hydrogen) atoms. The van der Waals surface area contributed by atoms with Gasteiger partial charge in [-0.1, -0.05) is 12.1 Å². The van der Waals surface area contributed by atoms with Gasteiger partial charge in [-0.2, -0.15) is 5.21 Å². The van der Waals surface area contributed by atoms with Gasteiger partial charge in [-0.3, -0.25) is 4.79 Å². The van der Waals surface area contributed by atoms with Crippen LogP contribution in [-0.4, -0.2) is 26.5 Å². The lowest BCUT2D eigenvalue weighted by Crippen LogP contribution is -2.11. The number of carbonyl (C=O) groups is 1. The van der Waals surface area contributed by atoms with E-state index < -0.39 is 0 Å². The molecule has 0 aliphatic carbocycles. The van der Waals surface area contributed by atoms with Gasteiger partial charge < -0.3 is 5.32 Å². The predicted octanol–water partition coefficient (Wildman–Crippen LogP) is 2.72. The number of rotatable bonds is 3. The third kappa shape index (κ3) is 3.24. The summed E-state index contributed by atoms with van der Waals surface area (Å²) in [5.41, 5.74) is 2.07. The Labute approximate surface area is 134 Å². The fourth-order valence-corrected chi connectivity index (χ4v) is 2.18. The average Bonchev–Trinajstić information content (AvgIpc) is 3.02. The molecule has 1 amide bonds. The summed E-state index contributed by atoms with van der Waals surface area (Å²) in [6.45, 7) is 0. The molecule has 3 rings (SSSR count). The molecule has 0 saturated heterocycles. The summed E-state index contributed by atoms with van der Waals surface area (Å²) in [5.74, 6) is 0.331. The van der Waals surface area contributed by atoms with Crippen LogP contribution in [0.1, 0.15) is 10.4 Å². The summed E-state index contributed by atoms with van der Waals surface area (Å²) >= 11 is 2.20. The quantitative estimate of drug-likeness (QED) is 0.673. The molecule has 7 heteroatoms. The molecule has 0 aliphatic rings. The molecule has 1 aromatic heterocycles. The number of anilines is 1. The van der Waals surface area contributed by atoms with Crippen molar-refractivity contribution >= 4 is 34.2 Å². The zero-order valence-electron chi connectivity index (χ0n) is 10.7. The van der Waals surface area contributed by atoms with Gasteiger partial charge in [0.05, 0.1) is 0 Å². The molecular formula is C14H10IN5O. The van der Waals surface area contributed by atoms with Crippen molar-refractivity contribution < 1.29 is 4.79 Å². The van der Waals surface area contributed by atoms with Crippen LogP contribution in [-0.2, 0) is 0 Å². The van der Waals surface area contributed by atoms with E-state index in [0.29, 0.717) is 17.1 Å². The molecule has 0 atom stereocenters. The van der Waals surface area contributed by atoms with E-state index in [9.17, 15) is 4.79 Å². The number of nitrogens with one attached hydrogen (secondary N) is 2. The van der Waals surface area contributed by atoms with Crippen molar-refractivity contribution in [1.29, 1.82) is 0 Å². The van der Waals surface area contributed by atoms with Gasteiger partial charge in [0.25, 0.3) is 5.91 Å². The van der Waals surface area contributed by atoms with E-state index in [1.54, 1.807) is 18.2 Å². The number of benzene rings is 2. The molecule has 0 bridgehead atoms. The Morgan fingerprint density at radius 2 is 1.95 bits per heavy atom. The number of hydrogen-bond acceptors (Lipinski definition) is 4. The number of hydrogen-bond donors (Lipinski definition) is 2. The number of amides is 1. The fourth-order valence-electron chi connectivity index (χ4n) is 1.82. The monoisotopic (exact) mass is 391 g/mol. The first-order chi connectivity index (χ1) is 10.2. The molecule has 1 heterocycles. The largest absolute Gasteiger partial charge is 0.322 e. The number of aromatic nitrogens is 4. The summed E-state index contributed by atoms with van der Waals surface area (Å²) in [6, 6.07) is 14.7. The minimum absolute atomic E-state index is 0.156. The summed E-state index contributed by atoms with van der Waals surface area (Å²) in [6.07, 6.45) is 0. The Morgan fingerprint density at radius 3 is 2.67 bits per heavy atom. The zero-order valence-corrected chi connectivity index (χ0v) is 12.9. The Bertz CT molecular complexity index is 755. The minimum Gasteiger partial charge on any atom is -0.322 e. The van der Waals surface area contributed by atoms with Crippen LogP contribution >= 0.6 is 22.6 Å². The molecule has 3 aromatic rings. The van der Waals surface area contributed by atoms with Crippen LogP contribution in [0.25, 0.3) is 11.4 Å². The average molecular weight is 391 g/mol. The SMILES string of the molecule is O=C(Nc1cccc(-c2nn[nH]n2)c1)c1ccc(I)cc1. The molecule has 0 unspecified atom stereocenters. The van der Waals surface area contributed by atoms with Crippen LogP contribution in [0.3, 0.4) is 0 Å². The highest BCUT2D eigenvalue weighted by Crippen LogP contribution is 2.19. The van der Waals surface area contributed by atoms with Crippen LogP contribution in [0, 0.1) is 3.57 Å². The van der Waals surface area contributed by atoms with Gasteiger partial charge in [0, 0.05) is 20.4 Å². The first-order valence-corrected chi connectivity index (χ1v) is 7.21. The molecule has 0 radical (unpaired) electrons. The van der Waals surface area contributed by atoms with Crippen molar-refractivity contribution in [1.82, 2.24) is 20.6 Å². The molecule has 6 nitrogen and oxygen atoms in total. The zero-order chi connectivity index (χ0) is 14.7. The topological polar surface area (TPSA) is 83.6 Å². The standard InChI is InChI=1S/C14H10IN5O/c15-11-6-4-9(5-7-11)14(21)16-12-3-1-2-10(8-12)13-17-19-20-18-13/h1-8H,(H,16,21)(H,17,18,19,20). The van der Waals surface area contributed by atoms with Gasteiger partial charge in [0.2, 0.25) is 5.82 Å². The van der Waals surface area contributed by atoms with E-state index in [1.165, 1.54) is 0 Å². The second-order valence-electron chi connectivity index (χ2n) is 4.28. The van der Waals surface area contributed by atoms with Crippen LogP contribution < -0.4 is 5.32 Å². The van der Waals surface area contributed by atoms with E-state index in [-0.39, 0.29) is 5.91 Å². The van der Waals surface area contributed by atoms with E-state index in [4.69, 9.17) is 0 Å². The number of H-pyrrole nitrogens is 1. The first-order valence-electron chi connectivity index (χ1n) is 6.13.